The van der Waals surface area contributed by atoms with E-state index in [-0.39, 0.29) is 19.6 Å². The van der Waals surface area contributed by atoms with Gasteiger partial charge in [0.25, 0.3) is 0 Å². The van der Waals surface area contributed by atoms with Crippen molar-refractivity contribution in [2.24, 2.45) is 0 Å². The van der Waals surface area contributed by atoms with Crippen molar-refractivity contribution in [1.29, 1.82) is 0 Å². The molecular weight excluding hydrogens is 202 g/mol. The normalized spacial score (nSPS) is 13.7. The van der Waals surface area contributed by atoms with Gasteiger partial charge in [-0.05, 0) is 6.92 Å². The van der Waals surface area contributed by atoms with E-state index in [0.717, 1.165) is 6.92 Å². The van der Waals surface area contributed by atoms with E-state index in [9.17, 15) is 14.7 Å². The maximum absolute atomic E-state index is 10.8. The Morgan fingerprint density at radius 2 is 2.20 bits per heavy atom. The molecule has 6 nitrogen and oxygen atoms in total. The number of hydrogen-bond acceptors (Lipinski definition) is 4. The number of amides is 1. The molecule has 0 fully saturated rings. The molecule has 0 saturated heterocycles. The number of rotatable bonds is 6. The lowest BCUT2D eigenvalue weighted by molar-refractivity contribution is -0.157. The summed E-state index contributed by atoms with van der Waals surface area (Å²) in [5.41, 5.74) is -1.84. The molecule has 0 aromatic rings. The van der Waals surface area contributed by atoms with Crippen molar-refractivity contribution in [2.45, 2.75) is 18.9 Å². The van der Waals surface area contributed by atoms with Crippen LogP contribution in [0.4, 0.5) is 4.79 Å². The largest absolute Gasteiger partial charge is 0.479 e. The zero-order chi connectivity index (χ0) is 11.9. The molecule has 0 aliphatic heterocycles. The Kier molecular flexibility index (Phi) is 5.40. The maximum Gasteiger partial charge on any atom is 0.407 e. The van der Waals surface area contributed by atoms with Gasteiger partial charge in [0.2, 0.25) is 0 Å². The van der Waals surface area contributed by atoms with Crippen LogP contribution in [0.15, 0.2) is 12.7 Å². The summed E-state index contributed by atoms with van der Waals surface area (Å²) in [6.45, 7) is 4.62. The van der Waals surface area contributed by atoms with Crippen LogP contribution in [0.5, 0.6) is 0 Å². The van der Waals surface area contributed by atoms with Crippen molar-refractivity contribution < 1.29 is 24.5 Å². The third-order valence-corrected chi connectivity index (χ3v) is 1.67. The SMILES string of the molecule is C=CCOC(=O)NCCC(C)(O)C(=O)O. The summed E-state index contributed by atoms with van der Waals surface area (Å²) in [5.74, 6) is -1.33. The highest BCUT2D eigenvalue weighted by atomic mass is 16.5. The highest BCUT2D eigenvalue weighted by Gasteiger charge is 2.29. The van der Waals surface area contributed by atoms with Crippen LogP contribution < -0.4 is 5.32 Å². The van der Waals surface area contributed by atoms with Crippen LogP contribution in [0.2, 0.25) is 0 Å². The van der Waals surface area contributed by atoms with E-state index in [1.165, 1.54) is 6.08 Å². The molecule has 1 atom stereocenters. The molecule has 0 aliphatic rings. The van der Waals surface area contributed by atoms with Crippen LogP contribution in [0.1, 0.15) is 13.3 Å². The minimum atomic E-state index is -1.84. The topological polar surface area (TPSA) is 95.9 Å². The Bertz CT molecular complexity index is 249. The van der Waals surface area contributed by atoms with Crippen LogP contribution in [0.25, 0.3) is 0 Å². The fraction of sp³-hybridized carbons (Fsp3) is 0.556. The molecule has 1 unspecified atom stereocenters. The molecule has 0 bridgehead atoms. The van der Waals surface area contributed by atoms with Gasteiger partial charge in [-0.1, -0.05) is 12.7 Å². The predicted molar refractivity (Wildman–Crippen MR) is 52.4 cm³/mol. The van der Waals surface area contributed by atoms with Gasteiger partial charge in [-0.2, -0.15) is 0 Å². The summed E-state index contributed by atoms with van der Waals surface area (Å²) < 4.78 is 4.57. The van der Waals surface area contributed by atoms with Gasteiger partial charge in [-0.15, -0.1) is 0 Å². The van der Waals surface area contributed by atoms with Crippen LogP contribution in [-0.2, 0) is 9.53 Å². The fourth-order valence-corrected chi connectivity index (χ4v) is 0.701. The standard InChI is InChI=1S/C9H15NO5/c1-3-6-15-8(13)10-5-4-9(2,14)7(11)12/h3,14H,1,4-6H2,2H3,(H,10,13)(H,11,12). The average molecular weight is 217 g/mol. The lowest BCUT2D eigenvalue weighted by Crippen LogP contribution is -2.39. The molecule has 1 amide bonds. The second-order valence-electron chi connectivity index (χ2n) is 3.14. The number of alkyl carbamates (subject to hydrolysis) is 1. The van der Waals surface area contributed by atoms with Crippen molar-refractivity contribution in [2.75, 3.05) is 13.2 Å². The van der Waals surface area contributed by atoms with E-state index >= 15 is 0 Å². The molecule has 0 aliphatic carbocycles. The van der Waals surface area contributed by atoms with E-state index in [1.807, 2.05) is 0 Å². The molecule has 0 rings (SSSR count). The number of aliphatic carboxylic acids is 1. The molecule has 3 N–H and O–H groups in total. The molecule has 0 aromatic heterocycles. The second-order valence-corrected chi connectivity index (χ2v) is 3.14. The third kappa shape index (κ3) is 5.69. The zero-order valence-electron chi connectivity index (χ0n) is 8.52. The Labute approximate surface area is 87.5 Å². The summed E-state index contributed by atoms with van der Waals surface area (Å²) >= 11 is 0. The van der Waals surface area contributed by atoms with Crippen molar-refractivity contribution >= 4 is 12.1 Å². The highest BCUT2D eigenvalue weighted by molar-refractivity contribution is 5.76. The van der Waals surface area contributed by atoms with Gasteiger partial charge in [0.05, 0.1) is 0 Å². The lowest BCUT2D eigenvalue weighted by atomic mass is 10.0. The van der Waals surface area contributed by atoms with Crippen LogP contribution in [0.3, 0.4) is 0 Å². The van der Waals surface area contributed by atoms with Crippen molar-refractivity contribution in [1.82, 2.24) is 5.32 Å². The Balaban J connectivity index is 3.74. The Morgan fingerprint density at radius 1 is 1.60 bits per heavy atom. The molecule has 0 radical (unpaired) electrons. The first-order valence-electron chi connectivity index (χ1n) is 4.37. The van der Waals surface area contributed by atoms with Crippen molar-refractivity contribution in [3.05, 3.63) is 12.7 Å². The summed E-state index contributed by atoms with van der Waals surface area (Å²) in [4.78, 5) is 21.3. The number of aliphatic hydroxyl groups is 1. The quantitative estimate of drug-likeness (QED) is 0.549. The third-order valence-electron chi connectivity index (χ3n) is 1.67. The van der Waals surface area contributed by atoms with Crippen molar-refractivity contribution in [3.8, 4) is 0 Å². The van der Waals surface area contributed by atoms with Gasteiger partial charge >= 0.3 is 12.1 Å². The fourth-order valence-electron chi connectivity index (χ4n) is 0.701. The van der Waals surface area contributed by atoms with E-state index in [0.29, 0.717) is 0 Å². The van der Waals surface area contributed by atoms with Gasteiger partial charge < -0.3 is 20.3 Å². The second kappa shape index (κ2) is 6.02. The number of carboxylic acids is 1. The van der Waals surface area contributed by atoms with Gasteiger partial charge in [0, 0.05) is 13.0 Å². The molecule has 6 heteroatoms. The highest BCUT2D eigenvalue weighted by Crippen LogP contribution is 2.07. The number of hydrogen-bond donors (Lipinski definition) is 3. The van der Waals surface area contributed by atoms with Crippen LogP contribution in [0, 0.1) is 0 Å². The average Bonchev–Trinajstić information content (AvgIpc) is 2.14. The van der Waals surface area contributed by atoms with E-state index in [4.69, 9.17) is 5.11 Å². The Hall–Kier alpha value is -1.56. The first kappa shape index (κ1) is 13.4. The predicted octanol–water partition coefficient (Wildman–Crippen LogP) is 0.124. The molecule has 0 saturated carbocycles. The molecule has 0 aromatic carbocycles. The summed E-state index contributed by atoms with van der Waals surface area (Å²) in [6, 6.07) is 0. The summed E-state index contributed by atoms with van der Waals surface area (Å²) in [5, 5.41) is 20.1. The van der Waals surface area contributed by atoms with Gasteiger partial charge in [-0.25, -0.2) is 9.59 Å². The van der Waals surface area contributed by atoms with Crippen LogP contribution >= 0.6 is 0 Å². The van der Waals surface area contributed by atoms with Crippen molar-refractivity contribution in [3.63, 3.8) is 0 Å². The monoisotopic (exact) mass is 217 g/mol. The summed E-state index contributed by atoms with van der Waals surface area (Å²) in [7, 11) is 0. The van der Waals surface area contributed by atoms with Crippen LogP contribution in [-0.4, -0.2) is 41.0 Å². The zero-order valence-corrected chi connectivity index (χ0v) is 8.52. The summed E-state index contributed by atoms with van der Waals surface area (Å²) in [6.07, 6.45) is 0.648. The molecule has 86 valence electrons. The number of carbonyl (C=O) groups excluding carboxylic acids is 1. The maximum atomic E-state index is 10.8. The minimum absolute atomic E-state index is 0.0231. The molecule has 15 heavy (non-hydrogen) atoms. The van der Waals surface area contributed by atoms with Gasteiger partial charge in [0.1, 0.15) is 6.61 Å². The first-order chi connectivity index (χ1) is 6.90. The Morgan fingerprint density at radius 3 is 2.67 bits per heavy atom. The number of ether oxygens (including phenoxy) is 1. The lowest BCUT2D eigenvalue weighted by Gasteiger charge is -2.17. The van der Waals surface area contributed by atoms with Gasteiger partial charge in [0.15, 0.2) is 5.60 Å². The van der Waals surface area contributed by atoms with Gasteiger partial charge in [-0.3, -0.25) is 0 Å². The van der Waals surface area contributed by atoms with E-state index in [2.05, 4.69) is 16.6 Å². The van der Waals surface area contributed by atoms with E-state index in [1.54, 1.807) is 0 Å². The van der Waals surface area contributed by atoms with E-state index < -0.39 is 17.7 Å². The minimum Gasteiger partial charge on any atom is -0.479 e. The number of carboxylic acid groups (broad SMARTS) is 1. The first-order valence-corrected chi connectivity index (χ1v) is 4.37. The molecular formula is C9H15NO5. The molecule has 0 spiro atoms. The molecule has 0 heterocycles. The smallest absolute Gasteiger partial charge is 0.407 e. The number of nitrogens with one attached hydrogen (secondary N) is 1. The number of carbonyl (C=O) groups is 2.